The van der Waals surface area contributed by atoms with Gasteiger partial charge in [0.1, 0.15) is 6.54 Å². The second-order valence-electron chi connectivity index (χ2n) is 8.48. The van der Waals surface area contributed by atoms with Crippen LogP contribution in [0.2, 0.25) is 0 Å². The molecule has 0 bridgehead atoms. The van der Waals surface area contributed by atoms with Crippen molar-refractivity contribution in [3.8, 4) is 11.5 Å². The average Bonchev–Trinajstić information content (AvgIpc) is 2.87. The van der Waals surface area contributed by atoms with E-state index < -0.39 is 22.5 Å². The smallest absolute Gasteiger partial charge is 0.264 e. The number of nitrogens with zero attached hydrogens (tertiary/aromatic N) is 2. The van der Waals surface area contributed by atoms with Crippen LogP contribution in [0.5, 0.6) is 11.5 Å². The van der Waals surface area contributed by atoms with Crippen molar-refractivity contribution in [1.82, 2.24) is 5.43 Å². The van der Waals surface area contributed by atoms with Gasteiger partial charge in [0.25, 0.3) is 15.9 Å². The SMILES string of the molecule is COc1ccc(/C=N\NC(=O)CN(c2ccc(C(C)C)cc2)S(=O)(=O)c2ccc(C)cc2)cc1OC. The van der Waals surface area contributed by atoms with Crippen molar-refractivity contribution in [1.29, 1.82) is 0 Å². The molecule has 0 saturated heterocycles. The Balaban J connectivity index is 1.84. The quantitative estimate of drug-likeness (QED) is 0.321. The Morgan fingerprint density at radius 1 is 0.972 bits per heavy atom. The van der Waals surface area contributed by atoms with Crippen LogP contribution < -0.4 is 19.2 Å². The predicted molar refractivity (Wildman–Crippen MR) is 142 cm³/mol. The molecule has 0 aliphatic rings. The summed E-state index contributed by atoms with van der Waals surface area (Å²) in [4.78, 5) is 12.9. The van der Waals surface area contributed by atoms with E-state index >= 15 is 0 Å². The van der Waals surface area contributed by atoms with E-state index in [4.69, 9.17) is 9.47 Å². The molecule has 0 radical (unpaired) electrons. The largest absolute Gasteiger partial charge is 0.493 e. The van der Waals surface area contributed by atoms with Crippen LogP contribution in [0.1, 0.15) is 36.5 Å². The number of rotatable bonds is 10. The summed E-state index contributed by atoms with van der Waals surface area (Å²) in [6, 6.07) is 18.8. The van der Waals surface area contributed by atoms with E-state index in [1.165, 1.54) is 25.5 Å². The van der Waals surface area contributed by atoms with E-state index in [1.54, 1.807) is 49.6 Å². The maximum Gasteiger partial charge on any atom is 0.264 e. The van der Waals surface area contributed by atoms with Gasteiger partial charge in [-0.2, -0.15) is 5.10 Å². The Kier molecular flexibility index (Phi) is 8.71. The normalized spacial score (nSPS) is 11.5. The molecule has 8 nitrogen and oxygen atoms in total. The fourth-order valence-corrected chi connectivity index (χ4v) is 4.88. The summed E-state index contributed by atoms with van der Waals surface area (Å²) in [6.45, 7) is 5.54. The fourth-order valence-electron chi connectivity index (χ4n) is 3.46. The lowest BCUT2D eigenvalue weighted by Crippen LogP contribution is -2.39. The lowest BCUT2D eigenvalue weighted by atomic mass is 10.0. The number of sulfonamides is 1. The van der Waals surface area contributed by atoms with Gasteiger partial charge in [0.05, 0.1) is 31.0 Å². The van der Waals surface area contributed by atoms with Crippen LogP contribution in [0.25, 0.3) is 0 Å². The number of amides is 1. The zero-order valence-electron chi connectivity index (χ0n) is 21.1. The summed E-state index contributed by atoms with van der Waals surface area (Å²) >= 11 is 0. The van der Waals surface area contributed by atoms with E-state index in [0.717, 1.165) is 15.4 Å². The minimum atomic E-state index is -4.00. The van der Waals surface area contributed by atoms with Crippen molar-refractivity contribution in [2.75, 3.05) is 25.1 Å². The molecule has 0 fully saturated rings. The monoisotopic (exact) mass is 509 g/mol. The molecule has 0 unspecified atom stereocenters. The minimum absolute atomic E-state index is 0.0997. The summed E-state index contributed by atoms with van der Waals surface area (Å²) in [7, 11) is -0.937. The Labute approximate surface area is 212 Å². The zero-order valence-corrected chi connectivity index (χ0v) is 21.9. The highest BCUT2D eigenvalue weighted by atomic mass is 32.2. The molecule has 3 rings (SSSR count). The van der Waals surface area contributed by atoms with Gasteiger partial charge in [-0.25, -0.2) is 13.8 Å². The van der Waals surface area contributed by atoms with E-state index in [-0.39, 0.29) is 10.8 Å². The number of aryl methyl sites for hydroxylation is 1. The van der Waals surface area contributed by atoms with Gasteiger partial charge >= 0.3 is 0 Å². The van der Waals surface area contributed by atoms with Gasteiger partial charge in [0.15, 0.2) is 11.5 Å². The van der Waals surface area contributed by atoms with Crippen LogP contribution >= 0.6 is 0 Å². The van der Waals surface area contributed by atoms with Gasteiger partial charge in [0, 0.05) is 0 Å². The number of nitrogens with one attached hydrogen (secondary N) is 1. The maximum atomic E-state index is 13.5. The first-order chi connectivity index (χ1) is 17.1. The third-order valence-electron chi connectivity index (χ3n) is 5.55. The maximum absolute atomic E-state index is 13.5. The van der Waals surface area contributed by atoms with Crippen molar-refractivity contribution >= 4 is 27.8 Å². The highest BCUT2D eigenvalue weighted by molar-refractivity contribution is 7.92. The third-order valence-corrected chi connectivity index (χ3v) is 7.34. The van der Waals surface area contributed by atoms with Crippen LogP contribution in [0.15, 0.2) is 76.7 Å². The molecule has 0 aliphatic heterocycles. The molecule has 0 spiro atoms. The van der Waals surface area contributed by atoms with Gasteiger partial charge in [-0.3, -0.25) is 9.10 Å². The Morgan fingerprint density at radius 2 is 1.61 bits per heavy atom. The summed E-state index contributed by atoms with van der Waals surface area (Å²) in [5.74, 6) is 0.790. The molecule has 9 heteroatoms. The number of hydrogen-bond donors (Lipinski definition) is 1. The number of benzene rings is 3. The van der Waals surface area contributed by atoms with E-state index in [9.17, 15) is 13.2 Å². The van der Waals surface area contributed by atoms with Crippen LogP contribution in [0, 0.1) is 6.92 Å². The van der Waals surface area contributed by atoms with Gasteiger partial charge in [-0.05, 0) is 66.4 Å². The molecule has 0 aliphatic carbocycles. The standard InChI is InChI=1S/C27H31N3O5S/c1-19(2)22-9-11-23(12-10-22)30(36(32,33)24-13-6-20(3)7-14-24)18-27(31)29-28-17-21-8-15-25(34-4)26(16-21)35-5/h6-17,19H,18H2,1-5H3,(H,29,31)/b28-17-. The molecular formula is C27H31N3O5S. The zero-order chi connectivity index (χ0) is 26.3. The Hall–Kier alpha value is -3.85. The van der Waals surface area contributed by atoms with Crippen molar-refractivity contribution < 1.29 is 22.7 Å². The molecule has 3 aromatic carbocycles. The number of hydrogen-bond acceptors (Lipinski definition) is 6. The van der Waals surface area contributed by atoms with Crippen molar-refractivity contribution in [2.45, 2.75) is 31.6 Å². The molecule has 3 aromatic rings. The number of carbonyl (C=O) groups excluding carboxylic acids is 1. The number of carbonyl (C=O) groups is 1. The van der Waals surface area contributed by atoms with Gasteiger partial charge < -0.3 is 9.47 Å². The number of methoxy groups -OCH3 is 2. The molecular weight excluding hydrogens is 478 g/mol. The topological polar surface area (TPSA) is 97.3 Å². The van der Waals surface area contributed by atoms with Gasteiger partial charge in [-0.1, -0.05) is 43.7 Å². The number of ether oxygens (including phenoxy) is 2. The lowest BCUT2D eigenvalue weighted by molar-refractivity contribution is -0.119. The Bertz CT molecular complexity index is 1320. The van der Waals surface area contributed by atoms with Crippen molar-refractivity contribution in [3.05, 3.63) is 83.4 Å². The first kappa shape index (κ1) is 26.7. The average molecular weight is 510 g/mol. The summed E-state index contributed by atoms with van der Waals surface area (Å²) in [6.07, 6.45) is 1.44. The fraction of sp³-hybridized carbons (Fsp3) is 0.259. The van der Waals surface area contributed by atoms with E-state index in [0.29, 0.717) is 22.7 Å². The molecule has 0 atom stereocenters. The van der Waals surface area contributed by atoms with Gasteiger partial charge in [-0.15, -0.1) is 0 Å². The van der Waals surface area contributed by atoms with Crippen LogP contribution in [0.3, 0.4) is 0 Å². The molecule has 0 heterocycles. The molecule has 36 heavy (non-hydrogen) atoms. The lowest BCUT2D eigenvalue weighted by Gasteiger charge is -2.24. The second kappa shape index (κ2) is 11.7. The number of hydrazone groups is 1. The van der Waals surface area contributed by atoms with Gasteiger partial charge in [0.2, 0.25) is 0 Å². The summed E-state index contributed by atoms with van der Waals surface area (Å²) in [5, 5.41) is 3.98. The number of anilines is 1. The molecule has 1 amide bonds. The first-order valence-corrected chi connectivity index (χ1v) is 12.8. The van der Waals surface area contributed by atoms with Crippen molar-refractivity contribution in [2.24, 2.45) is 5.10 Å². The van der Waals surface area contributed by atoms with Crippen molar-refractivity contribution in [3.63, 3.8) is 0 Å². The molecule has 190 valence electrons. The Morgan fingerprint density at radius 3 is 2.19 bits per heavy atom. The highest BCUT2D eigenvalue weighted by Gasteiger charge is 2.27. The predicted octanol–water partition coefficient (Wildman–Crippen LogP) is 4.48. The van der Waals surface area contributed by atoms with Crippen LogP contribution in [0.4, 0.5) is 5.69 Å². The minimum Gasteiger partial charge on any atom is -0.493 e. The summed E-state index contributed by atoms with van der Waals surface area (Å²) in [5.41, 5.74) is 5.47. The van der Waals surface area contributed by atoms with Crippen LogP contribution in [-0.2, 0) is 14.8 Å². The van der Waals surface area contributed by atoms with E-state index in [2.05, 4.69) is 24.4 Å². The first-order valence-electron chi connectivity index (χ1n) is 11.4. The summed E-state index contributed by atoms with van der Waals surface area (Å²) < 4.78 is 38.6. The van der Waals surface area contributed by atoms with E-state index in [1.807, 2.05) is 19.1 Å². The molecule has 1 N–H and O–H groups in total. The molecule has 0 saturated carbocycles. The second-order valence-corrected chi connectivity index (χ2v) is 10.3. The highest BCUT2D eigenvalue weighted by Crippen LogP contribution is 2.27. The third kappa shape index (κ3) is 6.42. The molecule has 0 aromatic heterocycles. The van der Waals surface area contributed by atoms with Crippen LogP contribution in [-0.4, -0.2) is 41.3 Å².